The van der Waals surface area contributed by atoms with Crippen molar-refractivity contribution in [2.75, 3.05) is 12.4 Å². The van der Waals surface area contributed by atoms with Crippen molar-refractivity contribution in [3.8, 4) is 0 Å². The summed E-state index contributed by atoms with van der Waals surface area (Å²) in [5.74, 6) is 5.05. The second-order valence-electron chi connectivity index (χ2n) is 3.52. The molecule has 0 spiro atoms. The van der Waals surface area contributed by atoms with Gasteiger partial charge in [0.2, 0.25) is 0 Å². The smallest absolute Gasteiger partial charge is 0.343 e. The highest BCUT2D eigenvalue weighted by molar-refractivity contribution is 5.89. The maximum absolute atomic E-state index is 11.7. The zero-order valence-electron chi connectivity index (χ0n) is 10.0. The van der Waals surface area contributed by atoms with Gasteiger partial charge in [-0.15, -0.1) is 0 Å². The highest BCUT2D eigenvalue weighted by Gasteiger charge is 2.14. The maximum atomic E-state index is 11.7. The summed E-state index contributed by atoms with van der Waals surface area (Å²) in [5, 5.41) is 0. The molecule has 0 fully saturated rings. The number of pyridine rings is 1. The van der Waals surface area contributed by atoms with Crippen LogP contribution in [0.15, 0.2) is 23.6 Å². The van der Waals surface area contributed by atoms with Crippen molar-refractivity contribution in [1.29, 1.82) is 0 Å². The fourth-order valence-corrected chi connectivity index (χ4v) is 1.38. The van der Waals surface area contributed by atoms with Gasteiger partial charge in [-0.3, -0.25) is 9.47 Å². The molecule has 5 nitrogen and oxygen atoms in total. The number of esters is 1. The Morgan fingerprint density at radius 2 is 2.18 bits per heavy atom. The van der Waals surface area contributed by atoms with Crippen LogP contribution >= 0.6 is 0 Å². The Hall–Kier alpha value is -2.04. The van der Waals surface area contributed by atoms with Crippen LogP contribution in [-0.2, 0) is 4.74 Å². The quantitative estimate of drug-likeness (QED) is 0.629. The molecule has 0 saturated carbocycles. The molecule has 92 valence electrons. The molecule has 2 N–H and O–H groups in total. The van der Waals surface area contributed by atoms with Crippen LogP contribution in [0.5, 0.6) is 0 Å². The number of rotatable bonds is 4. The molecule has 0 radical (unpaired) electrons. The lowest BCUT2D eigenvalue weighted by molar-refractivity contribution is 0.0524. The van der Waals surface area contributed by atoms with Crippen molar-refractivity contribution in [3.05, 3.63) is 40.3 Å². The molecule has 1 aromatic heterocycles. The third-order valence-electron chi connectivity index (χ3n) is 2.36. The van der Waals surface area contributed by atoms with Crippen LogP contribution < -0.4 is 11.3 Å². The molecule has 0 saturated heterocycles. The molecular weight excluding hydrogens is 220 g/mol. The standard InChI is InChI=1S/C12H16N2O3/c1-4-8(3)10-6-11(15)9(7-14(10)13)12(16)17-5-2/h6-7H,3-5,13H2,1-2H3. The zero-order valence-corrected chi connectivity index (χ0v) is 10.0. The van der Waals surface area contributed by atoms with Gasteiger partial charge in [-0.2, -0.15) is 0 Å². The maximum Gasteiger partial charge on any atom is 0.343 e. The summed E-state index contributed by atoms with van der Waals surface area (Å²) in [5.41, 5.74) is 0.780. The lowest BCUT2D eigenvalue weighted by Gasteiger charge is -2.10. The van der Waals surface area contributed by atoms with E-state index in [1.807, 2.05) is 6.92 Å². The van der Waals surface area contributed by atoms with Gasteiger partial charge in [0.1, 0.15) is 5.56 Å². The van der Waals surface area contributed by atoms with Gasteiger partial charge in [-0.05, 0) is 18.9 Å². The third-order valence-corrected chi connectivity index (χ3v) is 2.36. The number of aromatic nitrogens is 1. The van der Waals surface area contributed by atoms with Crippen molar-refractivity contribution in [3.63, 3.8) is 0 Å². The fraction of sp³-hybridized carbons (Fsp3) is 0.333. The minimum Gasteiger partial charge on any atom is -0.462 e. The molecule has 17 heavy (non-hydrogen) atoms. The van der Waals surface area contributed by atoms with E-state index in [1.54, 1.807) is 6.92 Å². The van der Waals surface area contributed by atoms with Crippen LogP contribution in [0, 0.1) is 0 Å². The Bertz CT molecular complexity index is 503. The van der Waals surface area contributed by atoms with Crippen LogP contribution in [0.4, 0.5) is 0 Å². The molecule has 1 aromatic rings. The van der Waals surface area contributed by atoms with E-state index in [2.05, 4.69) is 6.58 Å². The van der Waals surface area contributed by atoms with Crippen LogP contribution in [-0.4, -0.2) is 17.3 Å². The molecule has 0 aliphatic heterocycles. The third kappa shape index (κ3) is 2.75. The Balaban J connectivity index is 3.23. The van der Waals surface area contributed by atoms with Gasteiger partial charge >= 0.3 is 5.97 Å². The SMILES string of the molecule is C=C(CC)c1cc(=O)c(C(=O)OCC)cn1N. The summed E-state index contributed by atoms with van der Waals surface area (Å²) in [6.45, 7) is 7.60. The van der Waals surface area contributed by atoms with Crippen molar-refractivity contribution in [1.82, 2.24) is 4.68 Å². The number of carbonyl (C=O) groups is 1. The van der Waals surface area contributed by atoms with Crippen LogP contribution in [0.25, 0.3) is 5.57 Å². The van der Waals surface area contributed by atoms with Gasteiger partial charge in [0.15, 0.2) is 5.43 Å². The van der Waals surface area contributed by atoms with Gasteiger partial charge in [-0.1, -0.05) is 13.5 Å². The number of nitrogens with zero attached hydrogens (tertiary/aromatic N) is 1. The molecule has 0 atom stereocenters. The van der Waals surface area contributed by atoms with E-state index in [4.69, 9.17) is 10.6 Å². The Labute approximate surface area is 99.5 Å². The van der Waals surface area contributed by atoms with Crippen molar-refractivity contribution in [2.24, 2.45) is 0 Å². The van der Waals surface area contributed by atoms with Gasteiger partial charge in [-0.25, -0.2) is 4.79 Å². The van der Waals surface area contributed by atoms with Crippen LogP contribution in [0.2, 0.25) is 0 Å². The fourth-order valence-electron chi connectivity index (χ4n) is 1.38. The van der Waals surface area contributed by atoms with E-state index < -0.39 is 11.4 Å². The summed E-state index contributed by atoms with van der Waals surface area (Å²) in [4.78, 5) is 23.2. The van der Waals surface area contributed by atoms with Crippen molar-refractivity contribution in [2.45, 2.75) is 20.3 Å². The van der Waals surface area contributed by atoms with E-state index >= 15 is 0 Å². The molecular formula is C12H16N2O3. The van der Waals surface area contributed by atoms with E-state index in [-0.39, 0.29) is 12.2 Å². The predicted octanol–water partition coefficient (Wildman–Crippen LogP) is 1.16. The first-order valence-corrected chi connectivity index (χ1v) is 5.38. The van der Waals surface area contributed by atoms with Crippen LogP contribution in [0.1, 0.15) is 36.3 Å². The molecule has 0 aliphatic carbocycles. The summed E-state index contributed by atoms with van der Waals surface area (Å²) in [6, 6.07) is 1.30. The first kappa shape index (κ1) is 13.0. The lowest BCUT2D eigenvalue weighted by atomic mass is 10.1. The van der Waals surface area contributed by atoms with Crippen LogP contribution in [0.3, 0.4) is 0 Å². The van der Waals surface area contributed by atoms with E-state index in [0.29, 0.717) is 12.1 Å². The molecule has 5 heteroatoms. The predicted molar refractivity (Wildman–Crippen MR) is 66.1 cm³/mol. The number of nitrogen functional groups attached to an aromatic ring is 1. The summed E-state index contributed by atoms with van der Waals surface area (Å²) < 4.78 is 5.98. The molecule has 0 aliphatic rings. The van der Waals surface area contributed by atoms with Crippen molar-refractivity contribution < 1.29 is 9.53 Å². The van der Waals surface area contributed by atoms with E-state index in [1.165, 1.54) is 16.9 Å². The second-order valence-corrected chi connectivity index (χ2v) is 3.52. The molecule has 1 heterocycles. The number of hydrogen-bond acceptors (Lipinski definition) is 4. The number of nitrogens with two attached hydrogens (primary N) is 1. The lowest BCUT2D eigenvalue weighted by Crippen LogP contribution is -2.24. The Morgan fingerprint density at radius 1 is 1.53 bits per heavy atom. The minimum atomic E-state index is -0.662. The number of hydrogen-bond donors (Lipinski definition) is 1. The zero-order chi connectivity index (χ0) is 13.0. The monoisotopic (exact) mass is 236 g/mol. The van der Waals surface area contributed by atoms with Crippen molar-refractivity contribution >= 4 is 11.5 Å². The molecule has 1 rings (SSSR count). The van der Waals surface area contributed by atoms with E-state index in [0.717, 1.165) is 5.57 Å². The minimum absolute atomic E-state index is 0.0676. The number of ether oxygens (including phenoxy) is 1. The van der Waals surface area contributed by atoms with Gasteiger partial charge < -0.3 is 10.6 Å². The normalized spacial score (nSPS) is 10.0. The number of allylic oxidation sites excluding steroid dienone is 1. The Morgan fingerprint density at radius 3 is 2.71 bits per heavy atom. The molecule has 0 amide bonds. The first-order chi connectivity index (χ1) is 8.01. The average molecular weight is 236 g/mol. The summed E-state index contributed by atoms with van der Waals surface area (Å²) in [6.07, 6.45) is 1.95. The number of carbonyl (C=O) groups excluding carboxylic acids is 1. The summed E-state index contributed by atoms with van der Waals surface area (Å²) >= 11 is 0. The molecule has 0 bridgehead atoms. The van der Waals surface area contributed by atoms with Gasteiger partial charge in [0.05, 0.1) is 12.3 Å². The van der Waals surface area contributed by atoms with E-state index in [9.17, 15) is 9.59 Å². The highest BCUT2D eigenvalue weighted by atomic mass is 16.5. The van der Waals surface area contributed by atoms with Gasteiger partial charge in [0, 0.05) is 12.3 Å². The topological polar surface area (TPSA) is 74.3 Å². The van der Waals surface area contributed by atoms with Gasteiger partial charge in [0.25, 0.3) is 0 Å². The average Bonchev–Trinajstić information content (AvgIpc) is 2.30. The Kier molecular flexibility index (Phi) is 4.09. The highest BCUT2D eigenvalue weighted by Crippen LogP contribution is 2.12. The first-order valence-electron chi connectivity index (χ1n) is 5.38. The largest absolute Gasteiger partial charge is 0.462 e. The summed E-state index contributed by atoms with van der Waals surface area (Å²) in [7, 11) is 0. The molecule has 0 aromatic carbocycles. The molecule has 0 unspecified atom stereocenters. The second kappa shape index (κ2) is 5.34.